The lowest BCUT2D eigenvalue weighted by atomic mass is 9.46. The van der Waals surface area contributed by atoms with Crippen LogP contribution in [-0.2, 0) is 0 Å². The van der Waals surface area contributed by atoms with E-state index in [0.717, 1.165) is 17.8 Å². The summed E-state index contributed by atoms with van der Waals surface area (Å²) in [5.74, 6) is 3.22. The Bertz CT molecular complexity index is 453. The molecule has 1 nitrogen and oxygen atoms in total. The van der Waals surface area contributed by atoms with Crippen molar-refractivity contribution in [2.45, 2.75) is 71.6 Å². The number of fused-ring (bicyclic) bond motifs is 5. The first kappa shape index (κ1) is 14.3. The van der Waals surface area contributed by atoms with Gasteiger partial charge in [-0.2, -0.15) is 0 Å². The fourth-order valence-corrected chi connectivity index (χ4v) is 7.17. The molecule has 0 spiro atoms. The summed E-state index contributed by atoms with van der Waals surface area (Å²) < 4.78 is 0. The van der Waals surface area contributed by atoms with Crippen LogP contribution < -0.4 is 0 Å². The van der Waals surface area contributed by atoms with Crippen molar-refractivity contribution in [3.8, 4) is 0 Å². The molecule has 4 aliphatic rings. The summed E-state index contributed by atoms with van der Waals surface area (Å²) in [7, 11) is 0. The molecule has 0 aromatic heterocycles. The first-order chi connectivity index (χ1) is 10.1. The van der Waals surface area contributed by atoms with E-state index >= 15 is 0 Å². The van der Waals surface area contributed by atoms with Gasteiger partial charge in [0.2, 0.25) is 0 Å². The number of allylic oxidation sites excluding steroid dienone is 1. The third-order valence-corrected chi connectivity index (χ3v) is 8.18. The third kappa shape index (κ3) is 1.92. The Kier molecular flexibility index (Phi) is 3.30. The zero-order valence-corrected chi connectivity index (χ0v) is 13.9. The Balaban J connectivity index is 1.73. The lowest BCUT2D eigenvalue weighted by Crippen LogP contribution is -2.51. The van der Waals surface area contributed by atoms with Gasteiger partial charge in [0.15, 0.2) is 0 Å². The molecule has 6 atom stereocenters. The van der Waals surface area contributed by atoms with Gasteiger partial charge in [-0.15, -0.1) is 0 Å². The van der Waals surface area contributed by atoms with Gasteiger partial charge >= 0.3 is 0 Å². The van der Waals surface area contributed by atoms with Crippen LogP contribution >= 0.6 is 0 Å². The maximum Gasteiger partial charge on any atom is 0.0496 e. The third-order valence-electron chi connectivity index (χ3n) is 8.18. The van der Waals surface area contributed by atoms with Crippen LogP contribution in [0.4, 0.5) is 0 Å². The number of aliphatic hydroxyl groups excluding tert-OH is 1. The van der Waals surface area contributed by atoms with Gasteiger partial charge in [0.1, 0.15) is 0 Å². The maximum absolute atomic E-state index is 10.00. The normalized spacial score (nSPS) is 52.6. The molecule has 1 N–H and O–H groups in total. The Morgan fingerprint density at radius 2 is 1.95 bits per heavy atom. The second kappa shape index (κ2) is 4.85. The first-order valence-corrected chi connectivity index (χ1v) is 9.40. The van der Waals surface area contributed by atoms with E-state index in [2.05, 4.69) is 19.9 Å². The highest BCUT2D eigenvalue weighted by atomic mass is 16.3. The van der Waals surface area contributed by atoms with E-state index in [1.54, 1.807) is 5.57 Å². The van der Waals surface area contributed by atoms with Crippen LogP contribution in [0.1, 0.15) is 71.6 Å². The van der Waals surface area contributed by atoms with Crippen molar-refractivity contribution in [1.29, 1.82) is 0 Å². The SMILES string of the molecule is C[C@@]12CCC[C@H]1[C@@H]1CC(CO)C3=CCCC[C@]3(C)[C@@H]1CC2. The molecule has 1 unspecified atom stereocenters. The highest BCUT2D eigenvalue weighted by molar-refractivity contribution is 5.26. The molecule has 3 saturated carbocycles. The predicted molar refractivity (Wildman–Crippen MR) is 86.9 cm³/mol. The molecule has 0 aliphatic heterocycles. The molecular weight excluding hydrogens is 256 g/mol. The van der Waals surface area contributed by atoms with Gasteiger partial charge in [0.05, 0.1) is 0 Å². The molecule has 0 amide bonds. The lowest BCUT2D eigenvalue weighted by Gasteiger charge is -2.59. The quantitative estimate of drug-likeness (QED) is 0.677. The minimum Gasteiger partial charge on any atom is -0.396 e. The Hall–Kier alpha value is -0.300. The Morgan fingerprint density at radius 3 is 2.76 bits per heavy atom. The summed E-state index contributed by atoms with van der Waals surface area (Å²) in [4.78, 5) is 0. The van der Waals surface area contributed by atoms with Crippen LogP contribution in [0.15, 0.2) is 11.6 Å². The van der Waals surface area contributed by atoms with Crippen LogP contribution in [-0.4, -0.2) is 11.7 Å². The van der Waals surface area contributed by atoms with Crippen LogP contribution in [0.25, 0.3) is 0 Å². The Morgan fingerprint density at radius 1 is 1.10 bits per heavy atom. The summed E-state index contributed by atoms with van der Waals surface area (Å²) in [5, 5.41) is 10.00. The zero-order valence-electron chi connectivity index (χ0n) is 13.9. The van der Waals surface area contributed by atoms with Gasteiger partial charge in [-0.05, 0) is 80.0 Å². The van der Waals surface area contributed by atoms with Gasteiger partial charge in [-0.1, -0.05) is 31.9 Å². The highest BCUT2D eigenvalue weighted by Crippen LogP contribution is 2.66. The van der Waals surface area contributed by atoms with Crippen molar-refractivity contribution in [2.75, 3.05) is 6.61 Å². The predicted octanol–water partition coefficient (Wildman–Crippen LogP) is 4.95. The second-order valence-electron chi connectivity index (χ2n) is 9.05. The molecule has 3 fully saturated rings. The monoisotopic (exact) mass is 288 g/mol. The molecule has 0 heterocycles. The van der Waals surface area contributed by atoms with E-state index in [9.17, 15) is 5.11 Å². The van der Waals surface area contributed by atoms with E-state index in [4.69, 9.17) is 0 Å². The summed E-state index contributed by atoms with van der Waals surface area (Å²) >= 11 is 0. The lowest BCUT2D eigenvalue weighted by molar-refractivity contribution is -0.0557. The molecule has 4 rings (SSSR count). The fraction of sp³-hybridized carbons (Fsp3) is 0.900. The van der Waals surface area contributed by atoms with Gasteiger partial charge in [-0.25, -0.2) is 0 Å². The average molecular weight is 288 g/mol. The molecule has 0 radical (unpaired) electrons. The molecule has 0 aromatic carbocycles. The van der Waals surface area contributed by atoms with Crippen LogP contribution in [0.2, 0.25) is 0 Å². The van der Waals surface area contributed by atoms with Gasteiger partial charge in [0.25, 0.3) is 0 Å². The van der Waals surface area contributed by atoms with E-state index in [1.807, 2.05) is 0 Å². The average Bonchev–Trinajstić information content (AvgIpc) is 2.87. The number of hydrogen-bond acceptors (Lipinski definition) is 1. The summed E-state index contributed by atoms with van der Waals surface area (Å²) in [6.45, 7) is 5.51. The van der Waals surface area contributed by atoms with Crippen molar-refractivity contribution in [3.05, 3.63) is 11.6 Å². The molecule has 0 bridgehead atoms. The summed E-state index contributed by atoms with van der Waals surface area (Å²) in [6, 6.07) is 0. The largest absolute Gasteiger partial charge is 0.396 e. The maximum atomic E-state index is 10.00. The molecular formula is C20H32O. The zero-order chi connectivity index (χ0) is 14.7. The molecule has 0 saturated heterocycles. The summed E-state index contributed by atoms with van der Waals surface area (Å²) in [5.41, 5.74) is 2.70. The second-order valence-corrected chi connectivity index (χ2v) is 9.05. The number of hydrogen-bond donors (Lipinski definition) is 1. The fourth-order valence-electron chi connectivity index (χ4n) is 7.17. The van der Waals surface area contributed by atoms with Crippen LogP contribution in [0.3, 0.4) is 0 Å². The minimum atomic E-state index is 0.383. The van der Waals surface area contributed by atoms with Gasteiger partial charge in [-0.3, -0.25) is 0 Å². The standard InChI is InChI=1S/C20H32O/c1-19-9-5-7-17(19)15-12-14(13-21)16-6-3-4-10-20(16,2)18(15)8-11-19/h6,14-15,17-18,21H,3-5,7-13H2,1-2H3/t14?,15-,17-,18+,19-,20-/m0/s1. The molecule has 0 aromatic rings. The Labute approximate surface area is 130 Å². The van der Waals surface area contributed by atoms with Crippen molar-refractivity contribution in [1.82, 2.24) is 0 Å². The number of rotatable bonds is 1. The van der Waals surface area contributed by atoms with Crippen LogP contribution in [0.5, 0.6) is 0 Å². The van der Waals surface area contributed by atoms with Crippen molar-refractivity contribution >= 4 is 0 Å². The van der Waals surface area contributed by atoms with Gasteiger partial charge in [0, 0.05) is 12.5 Å². The van der Waals surface area contributed by atoms with E-state index in [-0.39, 0.29) is 0 Å². The molecule has 21 heavy (non-hydrogen) atoms. The van der Waals surface area contributed by atoms with Crippen molar-refractivity contribution < 1.29 is 5.11 Å². The summed E-state index contributed by atoms with van der Waals surface area (Å²) in [6.07, 6.45) is 15.1. The molecule has 4 aliphatic carbocycles. The van der Waals surface area contributed by atoms with E-state index in [0.29, 0.717) is 23.4 Å². The van der Waals surface area contributed by atoms with Crippen LogP contribution in [0, 0.1) is 34.5 Å². The van der Waals surface area contributed by atoms with E-state index in [1.165, 1.54) is 57.8 Å². The molecule has 1 heteroatoms. The topological polar surface area (TPSA) is 20.2 Å². The van der Waals surface area contributed by atoms with E-state index < -0.39 is 0 Å². The van der Waals surface area contributed by atoms with Crippen molar-refractivity contribution in [2.24, 2.45) is 34.5 Å². The van der Waals surface area contributed by atoms with Gasteiger partial charge < -0.3 is 5.11 Å². The first-order valence-electron chi connectivity index (χ1n) is 9.40. The van der Waals surface area contributed by atoms with Crippen molar-refractivity contribution in [3.63, 3.8) is 0 Å². The highest BCUT2D eigenvalue weighted by Gasteiger charge is 2.57. The smallest absolute Gasteiger partial charge is 0.0496 e. The molecule has 118 valence electrons. The minimum absolute atomic E-state index is 0.383. The number of aliphatic hydroxyl groups is 1.